The average Bonchev–Trinajstić information content (AvgIpc) is 3.13. The van der Waals surface area contributed by atoms with Crippen molar-refractivity contribution < 1.29 is 8.42 Å². The first-order valence-electron chi connectivity index (χ1n) is 8.79. The molecular weight excluding hydrogens is 509 g/mol. The SMILES string of the molecule is CN=C(NCCS(=O)(=O)NCc1ccccc1)NCc1nc(C(C)C)cs1.I. The molecule has 0 atom stereocenters. The second-order valence-corrected chi connectivity index (χ2v) is 9.17. The molecule has 0 aliphatic rings. The van der Waals surface area contributed by atoms with Crippen LogP contribution in [0.5, 0.6) is 0 Å². The van der Waals surface area contributed by atoms with Crippen LogP contribution < -0.4 is 15.4 Å². The number of hydrogen-bond acceptors (Lipinski definition) is 5. The van der Waals surface area contributed by atoms with Gasteiger partial charge in [-0.05, 0) is 11.5 Å². The van der Waals surface area contributed by atoms with Gasteiger partial charge in [-0.2, -0.15) is 0 Å². The third-order valence-corrected chi connectivity index (χ3v) is 5.99. The Morgan fingerprint density at radius 3 is 2.50 bits per heavy atom. The van der Waals surface area contributed by atoms with Crippen LogP contribution in [0, 0.1) is 0 Å². The quantitative estimate of drug-likeness (QED) is 0.260. The summed E-state index contributed by atoms with van der Waals surface area (Å²) in [7, 11) is -1.71. The van der Waals surface area contributed by atoms with E-state index in [0.29, 0.717) is 25.0 Å². The van der Waals surface area contributed by atoms with E-state index < -0.39 is 10.0 Å². The lowest BCUT2D eigenvalue weighted by Crippen LogP contribution is -2.40. The molecule has 0 amide bonds. The van der Waals surface area contributed by atoms with Gasteiger partial charge >= 0.3 is 0 Å². The minimum absolute atomic E-state index is 0. The Morgan fingerprint density at radius 1 is 1.18 bits per heavy atom. The van der Waals surface area contributed by atoms with Crippen molar-refractivity contribution in [1.82, 2.24) is 20.3 Å². The summed E-state index contributed by atoms with van der Waals surface area (Å²) in [5.74, 6) is 0.922. The summed E-state index contributed by atoms with van der Waals surface area (Å²) in [6, 6.07) is 9.43. The van der Waals surface area contributed by atoms with E-state index >= 15 is 0 Å². The van der Waals surface area contributed by atoms with Gasteiger partial charge in [0.15, 0.2) is 5.96 Å². The Bertz CT molecular complexity index is 839. The maximum absolute atomic E-state index is 12.1. The zero-order chi connectivity index (χ0) is 19.7. The zero-order valence-corrected chi connectivity index (χ0v) is 20.3. The van der Waals surface area contributed by atoms with Gasteiger partial charge in [-0.1, -0.05) is 44.2 Å². The Morgan fingerprint density at radius 2 is 1.89 bits per heavy atom. The molecule has 7 nitrogen and oxygen atoms in total. The van der Waals surface area contributed by atoms with E-state index in [1.807, 2.05) is 30.3 Å². The Kier molecular flexibility index (Phi) is 10.9. The molecule has 0 aliphatic heterocycles. The Balaban J connectivity index is 0.00000392. The first-order chi connectivity index (χ1) is 12.9. The van der Waals surface area contributed by atoms with Crippen molar-refractivity contribution in [1.29, 1.82) is 0 Å². The lowest BCUT2D eigenvalue weighted by molar-refractivity contribution is 0.580. The largest absolute Gasteiger partial charge is 0.355 e. The zero-order valence-electron chi connectivity index (χ0n) is 16.3. The molecule has 28 heavy (non-hydrogen) atoms. The number of hydrogen-bond donors (Lipinski definition) is 3. The van der Waals surface area contributed by atoms with Crippen molar-refractivity contribution in [3.8, 4) is 0 Å². The number of nitrogens with zero attached hydrogens (tertiary/aromatic N) is 2. The normalized spacial score (nSPS) is 11.9. The number of aromatic nitrogens is 1. The molecule has 2 rings (SSSR count). The first-order valence-corrected chi connectivity index (χ1v) is 11.3. The van der Waals surface area contributed by atoms with Gasteiger partial charge in [0.25, 0.3) is 0 Å². The molecule has 0 radical (unpaired) electrons. The summed E-state index contributed by atoms with van der Waals surface area (Å²) >= 11 is 1.60. The summed E-state index contributed by atoms with van der Waals surface area (Å²) in [6.07, 6.45) is 0. The molecule has 1 aromatic heterocycles. The van der Waals surface area contributed by atoms with Crippen molar-refractivity contribution in [2.24, 2.45) is 4.99 Å². The summed E-state index contributed by atoms with van der Waals surface area (Å²) in [5.41, 5.74) is 2.01. The van der Waals surface area contributed by atoms with Crippen molar-refractivity contribution in [2.75, 3.05) is 19.3 Å². The van der Waals surface area contributed by atoms with Gasteiger partial charge in [0.05, 0.1) is 18.0 Å². The molecule has 0 saturated carbocycles. The number of benzene rings is 1. The van der Waals surface area contributed by atoms with Crippen molar-refractivity contribution >= 4 is 51.3 Å². The van der Waals surface area contributed by atoms with Crippen LogP contribution in [0.2, 0.25) is 0 Å². The minimum atomic E-state index is -3.36. The highest BCUT2D eigenvalue weighted by molar-refractivity contribution is 14.0. The van der Waals surface area contributed by atoms with E-state index in [0.717, 1.165) is 16.3 Å². The van der Waals surface area contributed by atoms with E-state index in [1.165, 1.54) is 0 Å². The number of guanidine groups is 1. The third kappa shape index (κ3) is 8.84. The van der Waals surface area contributed by atoms with E-state index in [-0.39, 0.29) is 36.3 Å². The summed E-state index contributed by atoms with van der Waals surface area (Å²) < 4.78 is 26.8. The van der Waals surface area contributed by atoms with Crippen LogP contribution in [0.4, 0.5) is 0 Å². The smallest absolute Gasteiger partial charge is 0.213 e. The molecule has 0 saturated heterocycles. The first kappa shape index (κ1) is 24.8. The van der Waals surface area contributed by atoms with Gasteiger partial charge in [0.2, 0.25) is 10.0 Å². The van der Waals surface area contributed by atoms with Crippen LogP contribution >= 0.6 is 35.3 Å². The monoisotopic (exact) mass is 537 g/mol. The van der Waals surface area contributed by atoms with E-state index in [9.17, 15) is 8.42 Å². The molecular formula is C18H28IN5O2S2. The second-order valence-electron chi connectivity index (χ2n) is 6.30. The highest BCUT2D eigenvalue weighted by atomic mass is 127. The van der Waals surface area contributed by atoms with Crippen molar-refractivity contribution in [2.45, 2.75) is 32.9 Å². The van der Waals surface area contributed by atoms with Crippen LogP contribution in [0.1, 0.15) is 36.0 Å². The van der Waals surface area contributed by atoms with Gasteiger partial charge in [0, 0.05) is 25.5 Å². The van der Waals surface area contributed by atoms with Crippen molar-refractivity contribution in [3.05, 3.63) is 52.0 Å². The Hall–Kier alpha value is -1.24. The summed E-state index contributed by atoms with van der Waals surface area (Å²) in [5, 5.41) is 9.20. The molecule has 0 fully saturated rings. The second kappa shape index (κ2) is 12.3. The van der Waals surface area contributed by atoms with Gasteiger partial charge in [-0.25, -0.2) is 18.1 Å². The number of nitrogens with one attached hydrogen (secondary N) is 3. The van der Waals surface area contributed by atoms with Gasteiger partial charge in [0.1, 0.15) is 5.01 Å². The highest BCUT2D eigenvalue weighted by Gasteiger charge is 2.11. The summed E-state index contributed by atoms with van der Waals surface area (Å²) in [6.45, 7) is 5.32. The number of rotatable bonds is 9. The van der Waals surface area contributed by atoms with E-state index in [2.05, 4.69) is 44.6 Å². The van der Waals surface area contributed by atoms with Gasteiger partial charge < -0.3 is 10.6 Å². The fourth-order valence-corrected chi connectivity index (χ4v) is 4.01. The maximum Gasteiger partial charge on any atom is 0.213 e. The maximum atomic E-state index is 12.1. The molecule has 0 bridgehead atoms. The topological polar surface area (TPSA) is 95.5 Å². The third-order valence-electron chi connectivity index (χ3n) is 3.79. The molecule has 0 spiro atoms. The number of aliphatic imine (C=N–C) groups is 1. The minimum Gasteiger partial charge on any atom is -0.355 e. The van der Waals surface area contributed by atoms with Crippen LogP contribution in [0.25, 0.3) is 0 Å². The summed E-state index contributed by atoms with van der Waals surface area (Å²) in [4.78, 5) is 8.67. The number of halogens is 1. The fourth-order valence-electron chi connectivity index (χ4n) is 2.22. The van der Waals surface area contributed by atoms with E-state index in [1.54, 1.807) is 18.4 Å². The number of thiazole rings is 1. The average molecular weight is 537 g/mol. The molecule has 1 aromatic carbocycles. The molecule has 3 N–H and O–H groups in total. The molecule has 156 valence electrons. The molecule has 0 unspecified atom stereocenters. The molecule has 10 heteroatoms. The molecule has 1 heterocycles. The fraction of sp³-hybridized carbons (Fsp3) is 0.444. The van der Waals surface area contributed by atoms with Crippen LogP contribution in [0.15, 0.2) is 40.7 Å². The highest BCUT2D eigenvalue weighted by Crippen LogP contribution is 2.17. The Labute approximate surface area is 188 Å². The van der Waals surface area contributed by atoms with Gasteiger partial charge in [-0.3, -0.25) is 4.99 Å². The van der Waals surface area contributed by atoms with Crippen LogP contribution in [-0.2, 0) is 23.1 Å². The van der Waals surface area contributed by atoms with Gasteiger partial charge in [-0.15, -0.1) is 35.3 Å². The van der Waals surface area contributed by atoms with E-state index in [4.69, 9.17) is 0 Å². The molecule has 0 aliphatic carbocycles. The predicted octanol–water partition coefficient (Wildman–Crippen LogP) is 2.67. The van der Waals surface area contributed by atoms with Crippen LogP contribution in [0.3, 0.4) is 0 Å². The molecule has 2 aromatic rings. The lowest BCUT2D eigenvalue weighted by atomic mass is 10.2. The number of sulfonamides is 1. The standard InChI is InChI=1S/C18H27N5O2S2.HI/c1-14(2)16-13-26-17(23-16)12-21-18(19-3)20-9-10-27(24,25)22-11-15-7-5-4-6-8-15;/h4-8,13-14,22H,9-12H2,1-3H3,(H2,19,20,21);1H. The lowest BCUT2D eigenvalue weighted by Gasteiger charge is -2.11. The van der Waals surface area contributed by atoms with Crippen LogP contribution in [-0.4, -0.2) is 38.7 Å². The predicted molar refractivity (Wildman–Crippen MR) is 127 cm³/mol. The van der Waals surface area contributed by atoms with Crippen molar-refractivity contribution in [3.63, 3.8) is 0 Å².